The minimum Gasteiger partial charge on any atom is -0.342 e. The fourth-order valence-corrected chi connectivity index (χ4v) is 2.54. The summed E-state index contributed by atoms with van der Waals surface area (Å²) in [5, 5.41) is 14.0. The van der Waals surface area contributed by atoms with Gasteiger partial charge in [-0.2, -0.15) is 0 Å². The van der Waals surface area contributed by atoms with E-state index < -0.39 is 11.0 Å². The number of hydrogen-bond donors (Lipinski definition) is 1. The summed E-state index contributed by atoms with van der Waals surface area (Å²) in [5.74, 6) is 0.0658. The van der Waals surface area contributed by atoms with Crippen molar-refractivity contribution in [1.82, 2.24) is 9.97 Å². The lowest BCUT2D eigenvalue weighted by atomic mass is 10.2. The van der Waals surface area contributed by atoms with E-state index >= 15 is 0 Å². The molecule has 1 amide bonds. The minimum absolute atomic E-state index is 0.116. The lowest BCUT2D eigenvalue weighted by Gasteiger charge is -2.17. The summed E-state index contributed by atoms with van der Waals surface area (Å²) >= 11 is 5.95. The smallest absolute Gasteiger partial charge is 0.305 e. The highest BCUT2D eigenvalue weighted by atomic mass is 35.5. The summed E-state index contributed by atoms with van der Waals surface area (Å²) < 4.78 is 0. The highest BCUT2D eigenvalue weighted by molar-refractivity contribution is 6.31. The predicted molar refractivity (Wildman–Crippen MR) is 84.5 cm³/mol. The van der Waals surface area contributed by atoms with Crippen LogP contribution in [0.3, 0.4) is 0 Å². The number of hydrogen-bond acceptors (Lipinski definition) is 6. The molecule has 0 saturated carbocycles. The van der Waals surface area contributed by atoms with E-state index in [4.69, 9.17) is 11.6 Å². The molecule has 8 nitrogen and oxygen atoms in total. The maximum atomic E-state index is 12.5. The zero-order valence-electron chi connectivity index (χ0n) is 11.8. The molecule has 1 fully saturated rings. The fraction of sp³-hybridized carbons (Fsp3) is 0.214. The van der Waals surface area contributed by atoms with E-state index in [0.717, 1.165) is 18.1 Å². The van der Waals surface area contributed by atoms with Crippen LogP contribution < -0.4 is 10.2 Å². The number of anilines is 2. The molecule has 0 unspecified atom stereocenters. The second kappa shape index (κ2) is 6.17. The molecule has 9 heteroatoms. The molecular formula is C14H12ClN5O3. The van der Waals surface area contributed by atoms with Crippen molar-refractivity contribution in [1.29, 1.82) is 0 Å². The number of nitrogens with zero attached hydrogens (tertiary/aromatic N) is 4. The molecule has 0 bridgehead atoms. The molecule has 0 aliphatic carbocycles. The molecule has 0 radical (unpaired) electrons. The third kappa shape index (κ3) is 3.21. The van der Waals surface area contributed by atoms with Crippen molar-refractivity contribution in [3.63, 3.8) is 0 Å². The number of nitro groups is 1. The first-order valence-corrected chi connectivity index (χ1v) is 7.22. The number of halogens is 1. The van der Waals surface area contributed by atoms with Crippen LogP contribution in [0.1, 0.15) is 6.42 Å². The second-order valence-corrected chi connectivity index (χ2v) is 5.41. The summed E-state index contributed by atoms with van der Waals surface area (Å²) in [6.07, 6.45) is 2.78. The maximum absolute atomic E-state index is 12.5. The number of aromatic nitrogens is 2. The Balaban J connectivity index is 1.70. The van der Waals surface area contributed by atoms with Gasteiger partial charge in [-0.1, -0.05) is 17.7 Å². The first-order chi connectivity index (χ1) is 11.0. The fourth-order valence-electron chi connectivity index (χ4n) is 2.36. The second-order valence-electron chi connectivity index (χ2n) is 4.98. The van der Waals surface area contributed by atoms with Crippen molar-refractivity contribution >= 4 is 34.8 Å². The van der Waals surface area contributed by atoms with Crippen LogP contribution in [-0.4, -0.2) is 33.4 Å². The number of carbonyl (C=O) groups is 1. The molecule has 1 N–H and O–H groups in total. The van der Waals surface area contributed by atoms with E-state index in [9.17, 15) is 14.9 Å². The molecule has 1 aromatic carbocycles. The van der Waals surface area contributed by atoms with E-state index in [2.05, 4.69) is 15.3 Å². The van der Waals surface area contributed by atoms with Gasteiger partial charge >= 0.3 is 5.69 Å². The van der Waals surface area contributed by atoms with Gasteiger partial charge in [0.05, 0.1) is 4.92 Å². The van der Waals surface area contributed by atoms with Crippen LogP contribution in [0.5, 0.6) is 0 Å². The lowest BCUT2D eigenvalue weighted by molar-refractivity contribution is -0.385. The van der Waals surface area contributed by atoms with E-state index in [-0.39, 0.29) is 17.5 Å². The molecule has 1 aliphatic rings. The monoisotopic (exact) mass is 333 g/mol. The molecule has 1 aliphatic heterocycles. The zero-order valence-corrected chi connectivity index (χ0v) is 12.6. The number of rotatable bonds is 4. The summed E-state index contributed by atoms with van der Waals surface area (Å²) in [6, 6.07) is 6.59. The topological polar surface area (TPSA) is 101 Å². The highest BCUT2D eigenvalue weighted by Gasteiger charge is 2.33. The summed E-state index contributed by atoms with van der Waals surface area (Å²) in [6.45, 7) is 0.545. The molecule has 2 aromatic rings. The first kappa shape index (κ1) is 15.2. The average molecular weight is 334 g/mol. The first-order valence-electron chi connectivity index (χ1n) is 6.84. The standard InChI is InChI=1S/C14H12ClN5O3/c15-9-2-1-3-10(6-9)19-5-4-12(13(19)21)18-14-16-7-11(8-17-14)20(22)23/h1-3,6-8,12H,4-5H2,(H,16,17,18)/t12-/m0/s1. The molecule has 2 heterocycles. The van der Waals surface area contributed by atoms with Gasteiger partial charge in [0.25, 0.3) is 0 Å². The maximum Gasteiger partial charge on any atom is 0.305 e. The average Bonchev–Trinajstić information content (AvgIpc) is 2.89. The van der Waals surface area contributed by atoms with Crippen molar-refractivity contribution in [2.45, 2.75) is 12.5 Å². The van der Waals surface area contributed by atoms with Gasteiger partial charge in [-0.15, -0.1) is 0 Å². The van der Waals surface area contributed by atoms with Gasteiger partial charge in [-0.05, 0) is 24.6 Å². The van der Waals surface area contributed by atoms with Crippen LogP contribution in [0.15, 0.2) is 36.7 Å². The largest absolute Gasteiger partial charge is 0.342 e. The Hall–Kier alpha value is -2.74. The van der Waals surface area contributed by atoms with Crippen LogP contribution in [0, 0.1) is 10.1 Å². The highest BCUT2D eigenvalue weighted by Crippen LogP contribution is 2.25. The summed E-state index contributed by atoms with van der Waals surface area (Å²) in [5.41, 5.74) is 0.533. The normalized spacial score (nSPS) is 17.3. The van der Waals surface area contributed by atoms with E-state index in [1.54, 1.807) is 23.1 Å². The SMILES string of the molecule is O=C1[C@@H](Nc2ncc([N+](=O)[O-])cn2)CCN1c1cccc(Cl)c1. The van der Waals surface area contributed by atoms with Crippen LogP contribution in [0.4, 0.5) is 17.3 Å². The number of amides is 1. The molecule has 0 spiro atoms. The Morgan fingerprint density at radius 3 is 2.74 bits per heavy atom. The van der Waals surface area contributed by atoms with Crippen molar-refractivity contribution < 1.29 is 9.72 Å². The molecule has 1 saturated heterocycles. The van der Waals surface area contributed by atoms with E-state index in [0.29, 0.717) is 18.0 Å². The van der Waals surface area contributed by atoms with E-state index in [1.165, 1.54) is 0 Å². The van der Waals surface area contributed by atoms with Crippen LogP contribution >= 0.6 is 11.6 Å². The Labute approximate surface area is 136 Å². The molecule has 1 atom stereocenters. The van der Waals surface area contributed by atoms with Crippen LogP contribution in [0.2, 0.25) is 5.02 Å². The van der Waals surface area contributed by atoms with Gasteiger partial charge in [0.1, 0.15) is 18.4 Å². The Kier molecular flexibility index (Phi) is 4.07. The lowest BCUT2D eigenvalue weighted by Crippen LogP contribution is -2.33. The third-order valence-electron chi connectivity index (χ3n) is 3.48. The Morgan fingerprint density at radius 2 is 2.09 bits per heavy atom. The molecule has 23 heavy (non-hydrogen) atoms. The molecule has 1 aromatic heterocycles. The van der Waals surface area contributed by atoms with E-state index in [1.807, 2.05) is 6.07 Å². The molecule has 3 rings (SSSR count). The van der Waals surface area contributed by atoms with Crippen molar-refractivity contribution in [2.75, 3.05) is 16.8 Å². The van der Waals surface area contributed by atoms with Crippen molar-refractivity contribution in [2.24, 2.45) is 0 Å². The van der Waals surface area contributed by atoms with Crippen LogP contribution in [0.25, 0.3) is 0 Å². The van der Waals surface area contributed by atoms with Crippen molar-refractivity contribution in [3.05, 3.63) is 51.8 Å². The van der Waals surface area contributed by atoms with Gasteiger partial charge in [0.15, 0.2) is 0 Å². The predicted octanol–water partition coefficient (Wildman–Crippen LogP) is 2.26. The molecule has 118 valence electrons. The minimum atomic E-state index is -0.578. The Morgan fingerprint density at radius 1 is 1.35 bits per heavy atom. The number of benzene rings is 1. The van der Waals surface area contributed by atoms with Gasteiger partial charge in [0, 0.05) is 17.3 Å². The van der Waals surface area contributed by atoms with Crippen LogP contribution in [-0.2, 0) is 4.79 Å². The summed E-state index contributed by atoms with van der Waals surface area (Å²) in [4.78, 5) is 31.8. The van der Waals surface area contributed by atoms with Gasteiger partial charge in [-0.25, -0.2) is 9.97 Å². The Bertz CT molecular complexity index is 752. The molecular weight excluding hydrogens is 322 g/mol. The zero-order chi connectivity index (χ0) is 16.4. The van der Waals surface area contributed by atoms with Gasteiger partial charge in [-0.3, -0.25) is 14.9 Å². The quantitative estimate of drug-likeness (QED) is 0.680. The van der Waals surface area contributed by atoms with Gasteiger partial charge < -0.3 is 10.2 Å². The third-order valence-corrected chi connectivity index (χ3v) is 3.71. The number of nitrogens with one attached hydrogen (secondary N) is 1. The van der Waals surface area contributed by atoms with Crippen molar-refractivity contribution in [3.8, 4) is 0 Å². The summed E-state index contributed by atoms with van der Waals surface area (Å²) in [7, 11) is 0. The number of carbonyl (C=O) groups excluding carboxylic acids is 1. The van der Waals surface area contributed by atoms with Gasteiger partial charge in [0.2, 0.25) is 11.9 Å².